The first kappa shape index (κ1) is 21.4. The van der Waals surface area contributed by atoms with E-state index in [9.17, 15) is 28.4 Å². The first-order chi connectivity index (χ1) is 15.2. The van der Waals surface area contributed by atoms with Crippen molar-refractivity contribution >= 4 is 29.5 Å². The number of carbonyl (C=O) groups excluding carboxylic acids is 5. The minimum atomic E-state index is -0.804. The maximum atomic E-state index is 13.7. The van der Waals surface area contributed by atoms with E-state index >= 15 is 0 Å². The fraction of sp³-hybridized carbons (Fsp3) is 0.261. The van der Waals surface area contributed by atoms with Crippen molar-refractivity contribution in [2.45, 2.75) is 38.8 Å². The van der Waals surface area contributed by atoms with Gasteiger partial charge in [0.1, 0.15) is 11.9 Å². The summed E-state index contributed by atoms with van der Waals surface area (Å²) in [6.07, 6.45) is 0.129. The summed E-state index contributed by atoms with van der Waals surface area (Å²) in [5, 5.41) is 4.47. The summed E-state index contributed by atoms with van der Waals surface area (Å²) in [6.45, 7) is 1.73. The van der Waals surface area contributed by atoms with Crippen molar-refractivity contribution in [2.75, 3.05) is 0 Å². The molecule has 0 radical (unpaired) electrons. The summed E-state index contributed by atoms with van der Waals surface area (Å²) < 4.78 is 13.7. The number of benzene rings is 2. The lowest BCUT2D eigenvalue weighted by Crippen LogP contribution is -2.52. The number of piperidine rings is 1. The van der Waals surface area contributed by atoms with Gasteiger partial charge in [0.2, 0.25) is 17.7 Å². The molecule has 2 aliphatic rings. The molecular formula is C23H20FN3O5. The number of carbonyl (C=O) groups is 5. The van der Waals surface area contributed by atoms with E-state index in [0.717, 1.165) is 0 Å². The number of hydrogen-bond acceptors (Lipinski definition) is 5. The standard InChI is InChI=1S/C23H20FN3O5/c1-12-5-6-13(9-16(12)24)10-19(29)26-21(30)15-4-2-3-14-11-27(23(32)20(14)15)17-7-8-18(28)25-22(17)31/h2-6,9,17H,7-8,10-11H2,1H3,(H,25,28,31)(H,26,29,30). The molecule has 0 aliphatic carbocycles. The van der Waals surface area contributed by atoms with Crippen molar-refractivity contribution in [3.8, 4) is 0 Å². The zero-order valence-corrected chi connectivity index (χ0v) is 17.2. The van der Waals surface area contributed by atoms with Crippen LogP contribution in [0, 0.1) is 12.7 Å². The Labute approximate surface area is 182 Å². The molecule has 1 unspecified atom stereocenters. The fourth-order valence-corrected chi connectivity index (χ4v) is 3.97. The molecule has 1 fully saturated rings. The lowest BCUT2D eigenvalue weighted by Gasteiger charge is -2.29. The second-order valence-corrected chi connectivity index (χ2v) is 7.88. The summed E-state index contributed by atoms with van der Waals surface area (Å²) in [5.74, 6) is -3.27. The largest absolute Gasteiger partial charge is 0.322 e. The van der Waals surface area contributed by atoms with Gasteiger partial charge in [0.05, 0.1) is 17.5 Å². The van der Waals surface area contributed by atoms with Crippen LogP contribution >= 0.6 is 0 Å². The minimum Gasteiger partial charge on any atom is -0.322 e. The van der Waals surface area contributed by atoms with Crippen LogP contribution in [-0.4, -0.2) is 40.5 Å². The molecule has 0 bridgehead atoms. The summed E-state index contributed by atoms with van der Waals surface area (Å²) in [6, 6.07) is 8.28. The predicted octanol–water partition coefficient (Wildman–Crippen LogP) is 1.39. The Kier molecular flexibility index (Phi) is 5.56. The molecule has 2 aliphatic heterocycles. The normalized spacial score (nSPS) is 17.8. The lowest BCUT2D eigenvalue weighted by atomic mass is 10.0. The van der Waals surface area contributed by atoms with Crippen LogP contribution in [0.3, 0.4) is 0 Å². The van der Waals surface area contributed by atoms with E-state index in [1.165, 1.54) is 17.0 Å². The topological polar surface area (TPSA) is 113 Å². The van der Waals surface area contributed by atoms with Gasteiger partial charge in [0.25, 0.3) is 11.8 Å². The van der Waals surface area contributed by atoms with Crippen molar-refractivity contribution < 1.29 is 28.4 Å². The Hall–Kier alpha value is -3.88. The maximum Gasteiger partial charge on any atom is 0.258 e. The van der Waals surface area contributed by atoms with E-state index in [1.54, 1.807) is 31.2 Å². The molecule has 32 heavy (non-hydrogen) atoms. The van der Waals surface area contributed by atoms with Crippen molar-refractivity contribution in [3.05, 3.63) is 70.0 Å². The molecule has 9 heteroatoms. The summed E-state index contributed by atoms with van der Waals surface area (Å²) in [4.78, 5) is 63.1. The van der Waals surface area contributed by atoms with Crippen molar-refractivity contribution in [1.29, 1.82) is 0 Å². The van der Waals surface area contributed by atoms with E-state index in [4.69, 9.17) is 0 Å². The molecule has 1 atom stereocenters. The van der Waals surface area contributed by atoms with Gasteiger partial charge in [0.15, 0.2) is 0 Å². The van der Waals surface area contributed by atoms with Crippen molar-refractivity contribution in [3.63, 3.8) is 0 Å². The third-order valence-corrected chi connectivity index (χ3v) is 5.65. The zero-order chi connectivity index (χ0) is 23.0. The van der Waals surface area contributed by atoms with Crippen molar-refractivity contribution in [2.24, 2.45) is 0 Å². The predicted molar refractivity (Wildman–Crippen MR) is 110 cm³/mol. The van der Waals surface area contributed by atoms with Crippen LogP contribution in [0.5, 0.6) is 0 Å². The van der Waals surface area contributed by atoms with E-state index in [-0.39, 0.29) is 42.8 Å². The Balaban J connectivity index is 1.50. The summed E-state index contributed by atoms with van der Waals surface area (Å²) in [7, 11) is 0. The number of amides is 5. The highest BCUT2D eigenvalue weighted by atomic mass is 19.1. The molecule has 2 heterocycles. The summed E-state index contributed by atoms with van der Waals surface area (Å²) in [5.41, 5.74) is 1.57. The van der Waals surface area contributed by atoms with Crippen LogP contribution < -0.4 is 10.6 Å². The number of imide groups is 2. The van der Waals surface area contributed by atoms with E-state index in [1.807, 2.05) is 0 Å². The summed E-state index contributed by atoms with van der Waals surface area (Å²) >= 11 is 0. The Morgan fingerprint density at radius 2 is 1.97 bits per heavy atom. The molecule has 164 valence electrons. The van der Waals surface area contributed by atoms with Gasteiger partial charge in [-0.15, -0.1) is 0 Å². The van der Waals surface area contributed by atoms with Crippen LogP contribution in [0.1, 0.15) is 50.2 Å². The van der Waals surface area contributed by atoms with Crippen LogP contribution in [0.25, 0.3) is 0 Å². The monoisotopic (exact) mass is 437 g/mol. The van der Waals surface area contributed by atoms with Gasteiger partial charge in [-0.1, -0.05) is 24.3 Å². The van der Waals surface area contributed by atoms with Gasteiger partial charge in [-0.3, -0.25) is 34.6 Å². The van der Waals surface area contributed by atoms with Gasteiger partial charge in [-0.25, -0.2) is 4.39 Å². The fourth-order valence-electron chi connectivity index (χ4n) is 3.97. The van der Waals surface area contributed by atoms with Gasteiger partial charge in [-0.05, 0) is 42.2 Å². The van der Waals surface area contributed by atoms with Crippen LogP contribution in [0.4, 0.5) is 4.39 Å². The molecule has 0 spiro atoms. The maximum absolute atomic E-state index is 13.7. The third-order valence-electron chi connectivity index (χ3n) is 5.65. The highest BCUT2D eigenvalue weighted by Gasteiger charge is 2.40. The molecular weight excluding hydrogens is 417 g/mol. The number of fused-ring (bicyclic) bond motifs is 1. The molecule has 0 aromatic heterocycles. The van der Waals surface area contributed by atoms with Crippen LogP contribution in [0.2, 0.25) is 0 Å². The minimum absolute atomic E-state index is 0.0192. The molecule has 8 nitrogen and oxygen atoms in total. The number of nitrogens with zero attached hydrogens (tertiary/aromatic N) is 1. The highest BCUT2D eigenvalue weighted by Crippen LogP contribution is 2.29. The number of nitrogens with one attached hydrogen (secondary N) is 2. The van der Waals surface area contributed by atoms with Gasteiger partial charge < -0.3 is 4.90 Å². The van der Waals surface area contributed by atoms with Gasteiger partial charge in [-0.2, -0.15) is 0 Å². The van der Waals surface area contributed by atoms with Crippen LogP contribution in [0.15, 0.2) is 36.4 Å². The molecule has 2 aromatic rings. The number of halogens is 1. The highest BCUT2D eigenvalue weighted by molar-refractivity contribution is 6.14. The second kappa shape index (κ2) is 8.33. The van der Waals surface area contributed by atoms with E-state index in [0.29, 0.717) is 16.7 Å². The first-order valence-corrected chi connectivity index (χ1v) is 10.1. The number of hydrogen-bond donors (Lipinski definition) is 2. The average molecular weight is 437 g/mol. The Bertz CT molecular complexity index is 1180. The van der Waals surface area contributed by atoms with Gasteiger partial charge >= 0.3 is 0 Å². The SMILES string of the molecule is Cc1ccc(CC(=O)NC(=O)c2cccc3c2C(=O)N(C2CCC(=O)NC2=O)C3)cc1F. The Morgan fingerprint density at radius 3 is 2.69 bits per heavy atom. The van der Waals surface area contributed by atoms with Crippen molar-refractivity contribution in [1.82, 2.24) is 15.5 Å². The number of aryl methyl sites for hydroxylation is 1. The molecule has 5 amide bonds. The smallest absolute Gasteiger partial charge is 0.258 e. The van der Waals surface area contributed by atoms with E-state index in [2.05, 4.69) is 10.6 Å². The molecule has 2 N–H and O–H groups in total. The zero-order valence-electron chi connectivity index (χ0n) is 17.2. The molecule has 4 rings (SSSR count). The second-order valence-electron chi connectivity index (χ2n) is 7.88. The van der Waals surface area contributed by atoms with E-state index < -0.39 is 35.5 Å². The Morgan fingerprint density at radius 1 is 1.19 bits per heavy atom. The lowest BCUT2D eigenvalue weighted by molar-refractivity contribution is -0.137. The quantitative estimate of drug-likeness (QED) is 0.702. The molecule has 1 saturated heterocycles. The molecule has 2 aromatic carbocycles. The third kappa shape index (κ3) is 4.01. The van der Waals surface area contributed by atoms with Gasteiger partial charge in [0, 0.05) is 13.0 Å². The number of rotatable bonds is 4. The van der Waals surface area contributed by atoms with Crippen LogP contribution in [-0.2, 0) is 27.3 Å². The molecule has 0 saturated carbocycles. The first-order valence-electron chi connectivity index (χ1n) is 10.1. The average Bonchev–Trinajstić information content (AvgIpc) is 3.07.